The van der Waals surface area contributed by atoms with Gasteiger partial charge in [-0.05, 0) is 31.0 Å². The molecule has 0 saturated heterocycles. The van der Waals surface area contributed by atoms with E-state index in [0.29, 0.717) is 17.3 Å². The number of amides is 1. The lowest BCUT2D eigenvalue weighted by atomic mass is 9.95. The molecule has 0 spiro atoms. The molecule has 1 saturated carbocycles. The Morgan fingerprint density at radius 2 is 1.90 bits per heavy atom. The molecule has 0 unspecified atom stereocenters. The number of nitrogen functional groups attached to an aromatic ring is 1. The smallest absolute Gasteiger partial charge is 0.273 e. The van der Waals surface area contributed by atoms with Crippen molar-refractivity contribution in [3.05, 3.63) is 54.7 Å². The maximum Gasteiger partial charge on any atom is 0.273 e. The minimum atomic E-state index is -0.306. The molecule has 8 nitrogen and oxygen atoms in total. The van der Waals surface area contributed by atoms with Crippen LogP contribution in [0.3, 0.4) is 0 Å². The molecule has 5 rings (SSSR count). The van der Waals surface area contributed by atoms with Gasteiger partial charge in [0.25, 0.3) is 5.91 Å². The Morgan fingerprint density at radius 3 is 2.71 bits per heavy atom. The third-order valence-electron chi connectivity index (χ3n) is 5.59. The lowest BCUT2D eigenvalue weighted by Gasteiger charge is -2.23. The van der Waals surface area contributed by atoms with Gasteiger partial charge in [0.05, 0.1) is 11.7 Å². The third kappa shape index (κ3) is 3.84. The van der Waals surface area contributed by atoms with Crippen LogP contribution >= 0.6 is 0 Å². The molecule has 0 aliphatic heterocycles. The molecule has 0 bridgehead atoms. The van der Waals surface area contributed by atoms with E-state index >= 15 is 0 Å². The van der Waals surface area contributed by atoms with E-state index in [-0.39, 0.29) is 23.5 Å². The number of fused-ring (bicyclic) bond motifs is 1. The van der Waals surface area contributed by atoms with Crippen LogP contribution in [0.4, 0.5) is 5.82 Å². The Bertz CT molecular complexity index is 1230. The zero-order valence-corrected chi connectivity index (χ0v) is 16.9. The Morgan fingerprint density at radius 1 is 1.03 bits per heavy atom. The lowest BCUT2D eigenvalue weighted by molar-refractivity contribution is 0.0923. The first-order chi connectivity index (χ1) is 15.2. The SMILES string of the molecule is Nc1nc(-c2ncco2)c(-c2ccc3ncccc3c2)nc1C(=O)NC1CCCCC1. The quantitative estimate of drug-likeness (QED) is 0.518. The molecule has 0 radical (unpaired) electrons. The largest absolute Gasteiger partial charge is 0.443 e. The average Bonchev–Trinajstić information content (AvgIpc) is 3.34. The predicted octanol–water partition coefficient (Wildman–Crippen LogP) is 3.99. The van der Waals surface area contributed by atoms with Crippen molar-refractivity contribution >= 4 is 22.6 Å². The molecule has 1 amide bonds. The summed E-state index contributed by atoms with van der Waals surface area (Å²) < 4.78 is 5.46. The normalized spacial score (nSPS) is 14.6. The predicted molar refractivity (Wildman–Crippen MR) is 117 cm³/mol. The van der Waals surface area contributed by atoms with Gasteiger partial charge in [-0.25, -0.2) is 15.0 Å². The van der Waals surface area contributed by atoms with E-state index in [1.54, 1.807) is 6.20 Å². The maximum atomic E-state index is 13.0. The standard InChI is InChI=1S/C23H22N6O2/c24-21-20(22(30)27-16-6-2-1-3-7-16)28-18(19(29-21)23-26-11-12-31-23)15-8-9-17-14(13-15)5-4-10-25-17/h4-5,8-13,16H,1-3,6-7H2,(H2,24,29)(H,27,30). The Kier molecular flexibility index (Phi) is 5.03. The van der Waals surface area contributed by atoms with Crippen molar-refractivity contribution in [1.29, 1.82) is 0 Å². The summed E-state index contributed by atoms with van der Waals surface area (Å²) in [6.07, 6.45) is 10.1. The molecule has 1 fully saturated rings. The number of pyridine rings is 1. The maximum absolute atomic E-state index is 13.0. The molecule has 0 atom stereocenters. The number of benzene rings is 1. The lowest BCUT2D eigenvalue weighted by Crippen LogP contribution is -2.37. The van der Waals surface area contributed by atoms with Crippen molar-refractivity contribution < 1.29 is 9.21 Å². The fraction of sp³-hybridized carbons (Fsp3) is 0.261. The summed E-state index contributed by atoms with van der Waals surface area (Å²) in [6.45, 7) is 0. The molecule has 4 aromatic rings. The van der Waals surface area contributed by atoms with Crippen LogP contribution in [0, 0.1) is 0 Å². The summed E-state index contributed by atoms with van der Waals surface area (Å²) in [5.74, 6) is 0.0343. The second-order valence-corrected chi connectivity index (χ2v) is 7.71. The van der Waals surface area contributed by atoms with Crippen LogP contribution < -0.4 is 11.1 Å². The first kappa shape index (κ1) is 19.2. The zero-order chi connectivity index (χ0) is 21.2. The van der Waals surface area contributed by atoms with Crippen molar-refractivity contribution in [2.75, 3.05) is 5.73 Å². The van der Waals surface area contributed by atoms with Gasteiger partial charge in [0.2, 0.25) is 5.89 Å². The fourth-order valence-electron chi connectivity index (χ4n) is 4.03. The number of hydrogen-bond acceptors (Lipinski definition) is 7. The van der Waals surface area contributed by atoms with E-state index in [0.717, 1.165) is 42.1 Å². The van der Waals surface area contributed by atoms with Crippen LogP contribution in [-0.4, -0.2) is 31.9 Å². The highest BCUT2D eigenvalue weighted by Crippen LogP contribution is 2.31. The number of carbonyl (C=O) groups excluding carboxylic acids is 1. The van der Waals surface area contributed by atoms with Crippen molar-refractivity contribution in [1.82, 2.24) is 25.3 Å². The van der Waals surface area contributed by atoms with Gasteiger partial charge >= 0.3 is 0 Å². The van der Waals surface area contributed by atoms with Crippen LogP contribution in [0.1, 0.15) is 42.6 Å². The van der Waals surface area contributed by atoms with E-state index in [9.17, 15) is 4.79 Å². The molecule has 31 heavy (non-hydrogen) atoms. The average molecular weight is 414 g/mol. The first-order valence-electron chi connectivity index (χ1n) is 10.4. The van der Waals surface area contributed by atoms with Gasteiger partial charge in [0.1, 0.15) is 12.0 Å². The number of anilines is 1. The summed E-state index contributed by atoms with van der Waals surface area (Å²) in [4.78, 5) is 30.7. The summed E-state index contributed by atoms with van der Waals surface area (Å²) in [5.41, 5.74) is 8.78. The second kappa shape index (κ2) is 8.14. The van der Waals surface area contributed by atoms with E-state index in [2.05, 4.69) is 25.3 Å². The molecule has 3 aromatic heterocycles. The number of nitrogens with two attached hydrogens (primary N) is 1. The number of hydrogen-bond donors (Lipinski definition) is 2. The van der Waals surface area contributed by atoms with Crippen molar-refractivity contribution in [2.45, 2.75) is 38.1 Å². The zero-order valence-electron chi connectivity index (χ0n) is 16.9. The highest BCUT2D eigenvalue weighted by atomic mass is 16.3. The third-order valence-corrected chi connectivity index (χ3v) is 5.59. The van der Waals surface area contributed by atoms with Crippen molar-refractivity contribution in [2.24, 2.45) is 0 Å². The van der Waals surface area contributed by atoms with Gasteiger partial charge in [-0.1, -0.05) is 31.4 Å². The number of carbonyl (C=O) groups is 1. The molecular formula is C23H22N6O2. The number of aromatic nitrogens is 4. The number of nitrogens with zero attached hydrogens (tertiary/aromatic N) is 4. The van der Waals surface area contributed by atoms with Crippen LogP contribution in [0.5, 0.6) is 0 Å². The molecule has 1 aromatic carbocycles. The van der Waals surface area contributed by atoms with Gasteiger partial charge in [0.15, 0.2) is 17.2 Å². The molecule has 156 valence electrons. The van der Waals surface area contributed by atoms with Gasteiger partial charge in [-0.3, -0.25) is 9.78 Å². The van der Waals surface area contributed by atoms with E-state index in [1.165, 1.54) is 18.9 Å². The van der Waals surface area contributed by atoms with Gasteiger partial charge in [-0.15, -0.1) is 0 Å². The van der Waals surface area contributed by atoms with Crippen LogP contribution in [0.2, 0.25) is 0 Å². The number of nitrogens with one attached hydrogen (secondary N) is 1. The van der Waals surface area contributed by atoms with Crippen LogP contribution in [0.15, 0.2) is 53.4 Å². The molecule has 8 heteroatoms. The minimum Gasteiger partial charge on any atom is -0.443 e. The van der Waals surface area contributed by atoms with E-state index < -0.39 is 0 Å². The number of oxazole rings is 1. The highest BCUT2D eigenvalue weighted by Gasteiger charge is 2.24. The van der Waals surface area contributed by atoms with Crippen molar-refractivity contribution in [3.8, 4) is 22.8 Å². The van der Waals surface area contributed by atoms with Crippen molar-refractivity contribution in [3.63, 3.8) is 0 Å². The monoisotopic (exact) mass is 414 g/mol. The van der Waals surface area contributed by atoms with Crippen LogP contribution in [0.25, 0.3) is 33.7 Å². The van der Waals surface area contributed by atoms with Gasteiger partial charge in [-0.2, -0.15) is 0 Å². The topological polar surface area (TPSA) is 120 Å². The van der Waals surface area contributed by atoms with Crippen LogP contribution in [-0.2, 0) is 0 Å². The molecule has 3 N–H and O–H groups in total. The molecular weight excluding hydrogens is 392 g/mol. The Balaban J connectivity index is 1.60. The van der Waals surface area contributed by atoms with E-state index in [4.69, 9.17) is 10.2 Å². The van der Waals surface area contributed by atoms with Gasteiger partial charge < -0.3 is 15.5 Å². The molecule has 1 aliphatic carbocycles. The Hall–Kier alpha value is -3.81. The molecule has 3 heterocycles. The van der Waals surface area contributed by atoms with E-state index in [1.807, 2.05) is 30.3 Å². The van der Waals surface area contributed by atoms with Gasteiger partial charge in [0, 0.05) is 23.2 Å². The summed E-state index contributed by atoms with van der Waals surface area (Å²) in [5, 5.41) is 4.02. The fourth-order valence-corrected chi connectivity index (χ4v) is 4.03. The second-order valence-electron chi connectivity index (χ2n) is 7.71. The highest BCUT2D eigenvalue weighted by molar-refractivity contribution is 5.98. The summed E-state index contributed by atoms with van der Waals surface area (Å²) >= 11 is 0. The first-order valence-corrected chi connectivity index (χ1v) is 10.4. The Labute approximate surface area is 179 Å². The summed E-state index contributed by atoms with van der Waals surface area (Å²) in [6, 6.07) is 9.74. The molecule has 1 aliphatic rings. The summed E-state index contributed by atoms with van der Waals surface area (Å²) in [7, 11) is 0. The minimum absolute atomic E-state index is 0.0488. The number of rotatable bonds is 4.